The van der Waals surface area contributed by atoms with Gasteiger partial charge < -0.3 is 25.5 Å². The summed E-state index contributed by atoms with van der Waals surface area (Å²) in [7, 11) is 0. The highest BCUT2D eigenvalue weighted by Gasteiger charge is 2.39. The van der Waals surface area contributed by atoms with Gasteiger partial charge in [0, 0.05) is 4.90 Å². The number of benzene rings is 2. The third-order valence-electron chi connectivity index (χ3n) is 4.18. The molecule has 0 atom stereocenters. The zero-order valence-electron chi connectivity index (χ0n) is 13.9. The number of hydrogen-bond acceptors (Lipinski definition) is 7. The number of allylic oxidation sites excluding steroid dienone is 2. The van der Waals surface area contributed by atoms with Gasteiger partial charge in [-0.3, -0.25) is 4.79 Å². The molecule has 0 saturated heterocycles. The molecule has 3 rings (SSSR count). The lowest BCUT2D eigenvalue weighted by Gasteiger charge is -2.23. The third-order valence-corrected chi connectivity index (χ3v) is 4.44. The number of aliphatic hydroxyl groups excluding tert-OH is 1. The van der Waals surface area contributed by atoms with Crippen molar-refractivity contribution in [1.82, 2.24) is 0 Å². The number of aromatic hydroxyl groups is 4. The fourth-order valence-corrected chi connectivity index (χ4v) is 3.12. The average Bonchev–Trinajstić information content (AvgIpc) is 2.53. The lowest BCUT2D eigenvalue weighted by Crippen LogP contribution is -2.28. The molecule has 1 aliphatic carbocycles. The monoisotopic (exact) mass is 372 g/mol. The number of Topliss-reactive ketones (excluding diaryl/α,β-unsaturated/α-hetero) is 1. The van der Waals surface area contributed by atoms with Gasteiger partial charge in [-0.1, -0.05) is 5.57 Å². The highest BCUT2D eigenvalue weighted by molar-refractivity contribution is 7.80. The first-order valence-electron chi connectivity index (χ1n) is 7.61. The second-order valence-corrected chi connectivity index (χ2v) is 6.69. The zero-order chi connectivity index (χ0) is 19.3. The van der Waals surface area contributed by atoms with Crippen LogP contribution in [0.5, 0.6) is 23.0 Å². The van der Waals surface area contributed by atoms with E-state index < -0.39 is 23.0 Å². The van der Waals surface area contributed by atoms with Gasteiger partial charge in [0.15, 0.2) is 0 Å². The molecular weight excluding hydrogens is 356 g/mol. The minimum atomic E-state index is -0.726. The Morgan fingerprint density at radius 3 is 1.73 bits per heavy atom. The van der Waals surface area contributed by atoms with Crippen LogP contribution < -0.4 is 10.4 Å². The third kappa shape index (κ3) is 2.57. The highest BCUT2D eigenvalue weighted by atomic mass is 32.1. The summed E-state index contributed by atoms with van der Waals surface area (Å²) in [6.07, 6.45) is 0. The molecule has 0 aromatic heterocycles. The Morgan fingerprint density at radius 2 is 1.31 bits per heavy atom. The lowest BCUT2D eigenvalue weighted by molar-refractivity contribution is -0.110. The minimum absolute atomic E-state index is 0.203. The number of carbonyl (C=O) groups is 1. The molecule has 0 fully saturated rings. The predicted molar refractivity (Wildman–Crippen MR) is 98.8 cm³/mol. The quantitative estimate of drug-likeness (QED) is 0.424. The van der Waals surface area contributed by atoms with Gasteiger partial charge in [-0.2, -0.15) is 0 Å². The normalized spacial score (nSPS) is 13.8. The standard InChI is InChI=1S/C19H16O6S/c1-7(2)8-3-10(20)14(11(21)4-8)16-18(24)17(19(16)25)15-12(22)5-9(26)6-13(15)23/h3-6,20-24,26H,1-2H3. The molecule has 1 aliphatic rings. The number of phenols is 4. The molecule has 2 aromatic rings. The smallest absolute Gasteiger partial charge is 0.202 e. The fraction of sp³-hybridized carbons (Fsp3) is 0.105. The first kappa shape index (κ1) is 17.8. The van der Waals surface area contributed by atoms with Crippen LogP contribution in [-0.4, -0.2) is 31.3 Å². The van der Waals surface area contributed by atoms with Crippen LogP contribution in [0.2, 0.25) is 0 Å². The van der Waals surface area contributed by atoms with Gasteiger partial charge in [-0.05, 0) is 43.3 Å². The molecule has 134 valence electrons. The van der Waals surface area contributed by atoms with Crippen LogP contribution in [0.4, 0.5) is 0 Å². The van der Waals surface area contributed by atoms with Gasteiger partial charge in [-0.25, -0.2) is 0 Å². The highest BCUT2D eigenvalue weighted by Crippen LogP contribution is 2.45. The van der Waals surface area contributed by atoms with E-state index in [1.54, 1.807) is 13.8 Å². The Morgan fingerprint density at radius 1 is 0.808 bits per heavy atom. The number of thiol groups is 1. The van der Waals surface area contributed by atoms with Crippen molar-refractivity contribution in [2.45, 2.75) is 18.7 Å². The van der Waals surface area contributed by atoms with Crippen molar-refractivity contribution < 1.29 is 30.3 Å². The van der Waals surface area contributed by atoms with E-state index in [1.165, 1.54) is 24.3 Å². The number of rotatable bonds is 1. The van der Waals surface area contributed by atoms with E-state index in [1.807, 2.05) is 0 Å². The molecule has 5 N–H and O–H groups in total. The van der Waals surface area contributed by atoms with Crippen molar-refractivity contribution in [2.75, 3.05) is 0 Å². The largest absolute Gasteiger partial charge is 0.507 e. The van der Waals surface area contributed by atoms with Crippen LogP contribution in [0.15, 0.2) is 34.9 Å². The maximum absolute atomic E-state index is 12.6. The minimum Gasteiger partial charge on any atom is -0.507 e. The van der Waals surface area contributed by atoms with E-state index in [0.717, 1.165) is 5.57 Å². The molecule has 0 heterocycles. The lowest BCUT2D eigenvalue weighted by atomic mass is 9.81. The van der Waals surface area contributed by atoms with Gasteiger partial charge in [0.2, 0.25) is 5.78 Å². The maximum Gasteiger partial charge on any atom is 0.202 e. The number of phenolic OH excluding ortho intramolecular Hbond substituents is 4. The Labute approximate surface area is 153 Å². The molecule has 0 saturated carbocycles. The Bertz CT molecular complexity index is 1070. The summed E-state index contributed by atoms with van der Waals surface area (Å²) in [5, 5.41) is 51.1. The second kappa shape index (κ2) is 6.03. The molecule has 0 spiro atoms. The summed E-state index contributed by atoms with van der Waals surface area (Å²) in [5.74, 6) is -2.85. The Kier molecular flexibility index (Phi) is 4.12. The first-order valence-corrected chi connectivity index (χ1v) is 8.05. The van der Waals surface area contributed by atoms with Gasteiger partial charge in [0.05, 0.1) is 21.9 Å². The SMILES string of the molecule is CC(C)=c1cc(O)c(=C2C(=O)C(c3c(O)cc(S)cc3O)=C2O)c(O)c1. The second-order valence-electron chi connectivity index (χ2n) is 6.18. The molecule has 0 radical (unpaired) electrons. The van der Waals surface area contributed by atoms with Gasteiger partial charge >= 0.3 is 0 Å². The molecule has 0 amide bonds. The van der Waals surface area contributed by atoms with Crippen molar-refractivity contribution in [3.05, 3.63) is 46.0 Å². The number of ketones is 1. The van der Waals surface area contributed by atoms with Crippen LogP contribution in [-0.2, 0) is 4.79 Å². The van der Waals surface area contributed by atoms with Crippen molar-refractivity contribution >= 4 is 35.1 Å². The number of carbonyl (C=O) groups excluding carboxylic acids is 1. The molecule has 2 aromatic carbocycles. The Hall–Kier alpha value is -3.06. The van der Waals surface area contributed by atoms with Gasteiger partial charge in [0.25, 0.3) is 0 Å². The van der Waals surface area contributed by atoms with E-state index in [0.29, 0.717) is 5.22 Å². The van der Waals surface area contributed by atoms with E-state index >= 15 is 0 Å². The van der Waals surface area contributed by atoms with Crippen LogP contribution in [0.3, 0.4) is 0 Å². The van der Waals surface area contributed by atoms with Crippen molar-refractivity contribution in [2.24, 2.45) is 0 Å². The van der Waals surface area contributed by atoms with E-state index in [4.69, 9.17) is 0 Å². The van der Waals surface area contributed by atoms with Crippen LogP contribution in [0.25, 0.3) is 16.7 Å². The van der Waals surface area contributed by atoms with Crippen LogP contribution >= 0.6 is 12.6 Å². The summed E-state index contributed by atoms with van der Waals surface area (Å²) in [6.45, 7) is 3.59. The van der Waals surface area contributed by atoms with E-state index in [2.05, 4.69) is 12.6 Å². The van der Waals surface area contributed by atoms with Gasteiger partial charge in [0.1, 0.15) is 28.8 Å². The summed E-state index contributed by atoms with van der Waals surface area (Å²) >= 11 is 4.00. The molecule has 26 heavy (non-hydrogen) atoms. The molecule has 0 bridgehead atoms. The summed E-state index contributed by atoms with van der Waals surface area (Å²) in [5.41, 5.74) is 0.0186. The van der Waals surface area contributed by atoms with Crippen molar-refractivity contribution in [3.8, 4) is 23.0 Å². The average molecular weight is 372 g/mol. The summed E-state index contributed by atoms with van der Waals surface area (Å²) < 4.78 is 0. The molecule has 0 aliphatic heterocycles. The molecular formula is C19H16O6S. The van der Waals surface area contributed by atoms with Crippen LogP contribution in [0, 0.1) is 0 Å². The zero-order valence-corrected chi connectivity index (χ0v) is 14.8. The first-order chi connectivity index (χ1) is 12.1. The van der Waals surface area contributed by atoms with E-state index in [-0.39, 0.29) is 38.3 Å². The van der Waals surface area contributed by atoms with Crippen molar-refractivity contribution in [3.63, 3.8) is 0 Å². The number of aliphatic hydroxyl groups is 1. The van der Waals surface area contributed by atoms with Crippen molar-refractivity contribution in [1.29, 1.82) is 0 Å². The topological polar surface area (TPSA) is 118 Å². The summed E-state index contributed by atoms with van der Waals surface area (Å²) in [4.78, 5) is 12.8. The number of hydrogen-bond donors (Lipinski definition) is 6. The van der Waals surface area contributed by atoms with Crippen LogP contribution in [0.1, 0.15) is 19.4 Å². The summed E-state index contributed by atoms with van der Waals surface area (Å²) in [6, 6.07) is 5.18. The fourth-order valence-electron chi connectivity index (χ4n) is 2.88. The maximum atomic E-state index is 12.6. The van der Waals surface area contributed by atoms with E-state index in [9.17, 15) is 30.3 Å². The van der Waals surface area contributed by atoms with Gasteiger partial charge in [-0.15, -0.1) is 12.6 Å². The molecule has 6 nitrogen and oxygen atoms in total. The predicted octanol–water partition coefficient (Wildman–Crippen LogP) is 1.69. The molecule has 7 heteroatoms. The Balaban J connectivity index is 2.33. The molecule has 0 unspecified atom stereocenters.